The Morgan fingerprint density at radius 3 is 2.22 bits per heavy atom. The van der Waals surface area contributed by atoms with Crippen molar-refractivity contribution >= 4 is 29.1 Å². The predicted octanol–water partition coefficient (Wildman–Crippen LogP) is 6.04. The van der Waals surface area contributed by atoms with Gasteiger partial charge in [0.25, 0.3) is 5.91 Å². The van der Waals surface area contributed by atoms with Gasteiger partial charge >= 0.3 is 0 Å². The van der Waals surface area contributed by atoms with Crippen molar-refractivity contribution in [2.45, 2.75) is 44.5 Å². The zero-order valence-electron chi connectivity index (χ0n) is 20.9. The minimum absolute atomic E-state index is 0.113. The highest BCUT2D eigenvalue weighted by Gasteiger charge is 2.25. The van der Waals surface area contributed by atoms with Crippen molar-refractivity contribution in [3.05, 3.63) is 99.5 Å². The first-order valence-electron chi connectivity index (χ1n) is 13.0. The van der Waals surface area contributed by atoms with Gasteiger partial charge in [0.15, 0.2) is 0 Å². The van der Waals surface area contributed by atoms with E-state index in [-0.39, 0.29) is 18.1 Å². The highest BCUT2D eigenvalue weighted by atomic mass is 35.5. The maximum absolute atomic E-state index is 12.6. The Morgan fingerprint density at radius 2 is 1.49 bits per heavy atom. The molecule has 0 spiro atoms. The third-order valence-electron chi connectivity index (χ3n) is 7.21. The van der Waals surface area contributed by atoms with Gasteiger partial charge in [0.2, 0.25) is 0 Å². The Morgan fingerprint density at radius 1 is 0.811 bits per heavy atom. The number of amides is 1. The topological polar surface area (TPSA) is 44.8 Å². The first-order valence-corrected chi connectivity index (χ1v) is 13.8. The standard InChI is InChI=1S/C30H33Cl2N3O2/c31-28-11-8-24(18-29(28)32)30(36)33-25-12-15-35(21-25)20-23-6-9-26(10-7-23)37-27-13-16-34(17-14-27)19-22-4-2-1-3-5-22/h1-11,18,25,27H,12-17,19-21H2,(H,33,36)/t25-/m0/s1. The summed E-state index contributed by atoms with van der Waals surface area (Å²) in [6.45, 7) is 5.78. The second kappa shape index (κ2) is 12.3. The van der Waals surface area contributed by atoms with Crippen molar-refractivity contribution in [3.63, 3.8) is 0 Å². The molecule has 1 N–H and O–H groups in total. The summed E-state index contributed by atoms with van der Waals surface area (Å²) in [6, 6.07) is 24.2. The van der Waals surface area contributed by atoms with Crippen molar-refractivity contribution in [1.82, 2.24) is 15.1 Å². The maximum atomic E-state index is 12.6. The molecule has 3 aromatic rings. The zero-order chi connectivity index (χ0) is 25.6. The molecule has 194 valence electrons. The number of ether oxygens (including phenoxy) is 1. The van der Waals surface area contributed by atoms with Crippen LogP contribution in [0, 0.1) is 0 Å². The predicted molar refractivity (Wildman–Crippen MR) is 149 cm³/mol. The van der Waals surface area contributed by atoms with E-state index < -0.39 is 0 Å². The summed E-state index contributed by atoms with van der Waals surface area (Å²) >= 11 is 12.0. The van der Waals surface area contributed by atoms with E-state index in [1.807, 2.05) is 0 Å². The number of benzene rings is 3. The average molecular weight is 539 g/mol. The molecule has 1 atom stereocenters. The fourth-order valence-electron chi connectivity index (χ4n) is 5.15. The lowest BCUT2D eigenvalue weighted by Gasteiger charge is -2.32. The van der Waals surface area contributed by atoms with Crippen LogP contribution in [0.15, 0.2) is 72.8 Å². The van der Waals surface area contributed by atoms with Crippen molar-refractivity contribution in [2.24, 2.45) is 0 Å². The van der Waals surface area contributed by atoms with E-state index in [2.05, 4.69) is 69.7 Å². The molecular formula is C30H33Cl2N3O2. The Kier molecular flexibility index (Phi) is 8.67. The molecule has 0 unspecified atom stereocenters. The van der Waals surface area contributed by atoms with E-state index in [1.54, 1.807) is 18.2 Å². The summed E-state index contributed by atoms with van der Waals surface area (Å²) in [5.41, 5.74) is 3.16. The van der Waals surface area contributed by atoms with Gasteiger partial charge in [0, 0.05) is 50.9 Å². The fraction of sp³-hybridized carbons (Fsp3) is 0.367. The van der Waals surface area contributed by atoms with Gasteiger partial charge in [-0.3, -0.25) is 14.6 Å². The number of carbonyl (C=O) groups is 1. The molecule has 0 aromatic heterocycles. The van der Waals surface area contributed by atoms with Crippen LogP contribution in [0.25, 0.3) is 0 Å². The molecule has 3 aromatic carbocycles. The van der Waals surface area contributed by atoms with Gasteiger partial charge in [-0.1, -0.05) is 65.7 Å². The zero-order valence-corrected chi connectivity index (χ0v) is 22.4. The van der Waals surface area contributed by atoms with Crippen LogP contribution in [-0.2, 0) is 13.1 Å². The third-order valence-corrected chi connectivity index (χ3v) is 7.94. The van der Waals surface area contributed by atoms with Gasteiger partial charge in [-0.15, -0.1) is 0 Å². The molecule has 2 aliphatic heterocycles. The molecule has 37 heavy (non-hydrogen) atoms. The largest absolute Gasteiger partial charge is 0.490 e. The number of hydrogen-bond acceptors (Lipinski definition) is 4. The summed E-state index contributed by atoms with van der Waals surface area (Å²) in [4.78, 5) is 17.5. The van der Waals surface area contributed by atoms with Gasteiger partial charge in [-0.2, -0.15) is 0 Å². The minimum Gasteiger partial charge on any atom is -0.490 e. The number of nitrogens with one attached hydrogen (secondary N) is 1. The smallest absolute Gasteiger partial charge is 0.251 e. The van der Waals surface area contributed by atoms with Crippen molar-refractivity contribution < 1.29 is 9.53 Å². The quantitative estimate of drug-likeness (QED) is 0.380. The fourth-order valence-corrected chi connectivity index (χ4v) is 5.45. The Bertz CT molecular complexity index is 1180. The number of hydrogen-bond donors (Lipinski definition) is 1. The number of halogens is 2. The van der Waals surface area contributed by atoms with Crippen LogP contribution >= 0.6 is 23.2 Å². The van der Waals surface area contributed by atoms with E-state index >= 15 is 0 Å². The average Bonchev–Trinajstić information content (AvgIpc) is 3.35. The lowest BCUT2D eigenvalue weighted by molar-refractivity contribution is 0.0937. The molecule has 1 amide bonds. The second-order valence-corrected chi connectivity index (χ2v) is 10.9. The van der Waals surface area contributed by atoms with Crippen LogP contribution in [-0.4, -0.2) is 54.0 Å². The number of piperidine rings is 1. The van der Waals surface area contributed by atoms with E-state index in [0.717, 1.165) is 64.3 Å². The maximum Gasteiger partial charge on any atom is 0.251 e. The van der Waals surface area contributed by atoms with Crippen molar-refractivity contribution in [3.8, 4) is 5.75 Å². The molecule has 2 fully saturated rings. The molecule has 7 heteroatoms. The molecule has 0 radical (unpaired) electrons. The number of likely N-dealkylation sites (tertiary alicyclic amines) is 2. The highest BCUT2D eigenvalue weighted by Crippen LogP contribution is 2.24. The van der Waals surface area contributed by atoms with Crippen LogP contribution in [0.2, 0.25) is 10.0 Å². The third kappa shape index (κ3) is 7.26. The lowest BCUT2D eigenvalue weighted by Crippen LogP contribution is -2.37. The SMILES string of the molecule is O=C(N[C@H]1CCN(Cc2ccc(OC3CCN(Cc4ccccc4)CC3)cc2)C1)c1ccc(Cl)c(Cl)c1. The van der Waals surface area contributed by atoms with Gasteiger partial charge < -0.3 is 10.1 Å². The second-order valence-electron chi connectivity index (χ2n) is 10.0. The summed E-state index contributed by atoms with van der Waals surface area (Å²) in [5, 5.41) is 3.96. The van der Waals surface area contributed by atoms with Crippen LogP contribution in [0.5, 0.6) is 5.75 Å². The van der Waals surface area contributed by atoms with Crippen LogP contribution in [0.1, 0.15) is 40.7 Å². The number of rotatable bonds is 8. The first-order chi connectivity index (χ1) is 18.0. The molecule has 2 aliphatic rings. The molecule has 0 bridgehead atoms. The van der Waals surface area contributed by atoms with Gasteiger partial charge in [-0.05, 0) is 60.7 Å². The normalized spacial score (nSPS) is 19.1. The minimum atomic E-state index is -0.113. The lowest BCUT2D eigenvalue weighted by atomic mass is 10.1. The number of carbonyl (C=O) groups excluding carboxylic acids is 1. The van der Waals surface area contributed by atoms with Crippen molar-refractivity contribution in [1.29, 1.82) is 0 Å². The van der Waals surface area contributed by atoms with Crippen LogP contribution in [0.4, 0.5) is 0 Å². The monoisotopic (exact) mass is 537 g/mol. The van der Waals surface area contributed by atoms with E-state index in [0.29, 0.717) is 15.6 Å². The van der Waals surface area contributed by atoms with Gasteiger partial charge in [-0.25, -0.2) is 0 Å². The molecule has 2 heterocycles. The summed E-state index contributed by atoms with van der Waals surface area (Å²) in [5.74, 6) is 0.830. The molecule has 5 nitrogen and oxygen atoms in total. The van der Waals surface area contributed by atoms with E-state index in [9.17, 15) is 4.79 Å². The van der Waals surface area contributed by atoms with E-state index in [4.69, 9.17) is 27.9 Å². The first kappa shape index (κ1) is 26.1. The van der Waals surface area contributed by atoms with Crippen LogP contribution < -0.4 is 10.1 Å². The number of nitrogens with zero attached hydrogens (tertiary/aromatic N) is 2. The van der Waals surface area contributed by atoms with E-state index in [1.165, 1.54) is 11.1 Å². The summed E-state index contributed by atoms with van der Waals surface area (Å²) in [7, 11) is 0. The highest BCUT2D eigenvalue weighted by molar-refractivity contribution is 6.42. The van der Waals surface area contributed by atoms with Crippen molar-refractivity contribution in [2.75, 3.05) is 26.2 Å². The summed E-state index contributed by atoms with van der Waals surface area (Å²) in [6.07, 6.45) is 3.31. The molecule has 5 rings (SSSR count). The van der Waals surface area contributed by atoms with Gasteiger partial charge in [0.1, 0.15) is 11.9 Å². The summed E-state index contributed by atoms with van der Waals surface area (Å²) < 4.78 is 6.29. The van der Waals surface area contributed by atoms with Gasteiger partial charge in [0.05, 0.1) is 10.0 Å². The molecule has 0 aliphatic carbocycles. The molecule has 2 saturated heterocycles. The molecule has 0 saturated carbocycles. The Hall–Kier alpha value is -2.57. The Labute approximate surface area is 229 Å². The molecular weight excluding hydrogens is 505 g/mol. The van der Waals surface area contributed by atoms with Crippen LogP contribution in [0.3, 0.4) is 0 Å². The Balaban J connectivity index is 1.04.